The largest absolute Gasteiger partial charge is 0.455 e. The molecule has 4 heteroatoms. The molecule has 1 unspecified atom stereocenters. The minimum absolute atomic E-state index is 0.268. The summed E-state index contributed by atoms with van der Waals surface area (Å²) in [6, 6.07) is 15.3. The Balaban J connectivity index is 2.14. The van der Waals surface area contributed by atoms with Crippen molar-refractivity contribution in [1.29, 1.82) is 0 Å². The van der Waals surface area contributed by atoms with Crippen LogP contribution in [0.4, 0.5) is 5.69 Å². The van der Waals surface area contributed by atoms with Gasteiger partial charge in [-0.05, 0) is 30.7 Å². The fourth-order valence-electron chi connectivity index (χ4n) is 1.78. The number of aliphatic hydroxyl groups is 2. The highest BCUT2D eigenvalue weighted by Gasteiger charge is 2.07. The molecule has 1 atom stereocenters. The number of anilines is 1. The van der Waals surface area contributed by atoms with Crippen LogP contribution < -0.4 is 10.1 Å². The third-order valence-electron chi connectivity index (χ3n) is 2.94. The molecule has 2 aromatic carbocycles. The lowest BCUT2D eigenvalue weighted by molar-refractivity contribution is 0.105. The summed E-state index contributed by atoms with van der Waals surface area (Å²) in [5.41, 5.74) is 1.83. The van der Waals surface area contributed by atoms with E-state index < -0.39 is 6.10 Å². The maximum absolute atomic E-state index is 9.39. The van der Waals surface area contributed by atoms with E-state index in [0.29, 0.717) is 5.75 Å². The number of benzene rings is 2. The number of hydrogen-bond donors (Lipinski definition) is 3. The fraction of sp³-hybridized carbons (Fsp3) is 0.250. The quantitative estimate of drug-likeness (QED) is 0.757. The molecule has 4 nitrogen and oxygen atoms in total. The Morgan fingerprint density at radius 2 is 1.70 bits per heavy atom. The average Bonchev–Trinajstić information content (AvgIpc) is 2.48. The lowest BCUT2D eigenvalue weighted by Gasteiger charge is -2.15. The van der Waals surface area contributed by atoms with Gasteiger partial charge in [0.15, 0.2) is 5.75 Å². The monoisotopic (exact) mass is 273 g/mol. The van der Waals surface area contributed by atoms with Crippen molar-refractivity contribution in [3.63, 3.8) is 0 Å². The van der Waals surface area contributed by atoms with Gasteiger partial charge in [0.25, 0.3) is 0 Å². The van der Waals surface area contributed by atoms with Crippen LogP contribution in [0.3, 0.4) is 0 Å². The number of aliphatic hydroxyl groups excluding tert-OH is 2. The normalized spacial score (nSPS) is 11.9. The first-order valence-electron chi connectivity index (χ1n) is 6.56. The zero-order chi connectivity index (χ0) is 14.4. The molecule has 0 fully saturated rings. The van der Waals surface area contributed by atoms with Gasteiger partial charge in [0.1, 0.15) is 5.75 Å². The second kappa shape index (κ2) is 6.93. The molecular weight excluding hydrogens is 254 g/mol. The van der Waals surface area contributed by atoms with Crippen LogP contribution in [0, 0.1) is 6.92 Å². The zero-order valence-corrected chi connectivity index (χ0v) is 11.4. The Labute approximate surface area is 118 Å². The molecule has 3 N–H and O–H groups in total. The highest BCUT2D eigenvalue weighted by molar-refractivity contribution is 5.58. The van der Waals surface area contributed by atoms with E-state index in [1.54, 1.807) is 0 Å². The molecule has 0 aromatic heterocycles. The van der Waals surface area contributed by atoms with Crippen LogP contribution in [-0.2, 0) is 0 Å². The van der Waals surface area contributed by atoms with Crippen molar-refractivity contribution in [2.45, 2.75) is 13.0 Å². The summed E-state index contributed by atoms with van der Waals surface area (Å²) in [5, 5.41) is 21.3. The summed E-state index contributed by atoms with van der Waals surface area (Å²) < 4.78 is 5.90. The van der Waals surface area contributed by atoms with E-state index in [-0.39, 0.29) is 13.2 Å². The summed E-state index contributed by atoms with van der Waals surface area (Å²) in [7, 11) is 0. The lowest BCUT2D eigenvalue weighted by atomic mass is 10.2. The second-order valence-corrected chi connectivity index (χ2v) is 4.58. The molecule has 0 heterocycles. The van der Waals surface area contributed by atoms with E-state index in [4.69, 9.17) is 9.84 Å². The molecule has 0 saturated carbocycles. The number of ether oxygens (including phenoxy) is 1. The van der Waals surface area contributed by atoms with Gasteiger partial charge in [0.2, 0.25) is 0 Å². The van der Waals surface area contributed by atoms with Gasteiger partial charge in [0, 0.05) is 6.54 Å². The van der Waals surface area contributed by atoms with Crippen LogP contribution in [0.1, 0.15) is 5.56 Å². The van der Waals surface area contributed by atoms with Gasteiger partial charge in [-0.3, -0.25) is 0 Å². The summed E-state index contributed by atoms with van der Waals surface area (Å²) >= 11 is 0. The Bertz CT molecular complexity index is 557. The van der Waals surface area contributed by atoms with Crippen molar-refractivity contribution in [3.8, 4) is 11.5 Å². The van der Waals surface area contributed by atoms with Gasteiger partial charge < -0.3 is 20.3 Å². The molecule has 0 aliphatic rings. The van der Waals surface area contributed by atoms with Crippen LogP contribution in [0.2, 0.25) is 0 Å². The van der Waals surface area contributed by atoms with Gasteiger partial charge in [-0.2, -0.15) is 0 Å². The van der Waals surface area contributed by atoms with Crippen molar-refractivity contribution in [2.24, 2.45) is 0 Å². The van der Waals surface area contributed by atoms with E-state index >= 15 is 0 Å². The number of aryl methyl sites for hydroxylation is 1. The molecule has 0 amide bonds. The molecule has 20 heavy (non-hydrogen) atoms. The SMILES string of the molecule is Cc1ccccc1Oc1ccccc1NCC(O)CO. The standard InChI is InChI=1S/C16H19NO3/c1-12-6-2-4-8-15(12)20-16-9-5-3-7-14(16)17-10-13(19)11-18/h2-9,13,17-19H,10-11H2,1H3. The van der Waals surface area contributed by atoms with Crippen LogP contribution >= 0.6 is 0 Å². The van der Waals surface area contributed by atoms with Gasteiger partial charge >= 0.3 is 0 Å². The van der Waals surface area contributed by atoms with Crippen molar-refractivity contribution >= 4 is 5.69 Å². The average molecular weight is 273 g/mol. The van der Waals surface area contributed by atoms with Crippen molar-refractivity contribution in [3.05, 3.63) is 54.1 Å². The topological polar surface area (TPSA) is 61.7 Å². The summed E-state index contributed by atoms with van der Waals surface area (Å²) in [5.74, 6) is 1.48. The minimum atomic E-state index is -0.790. The van der Waals surface area contributed by atoms with E-state index in [9.17, 15) is 5.11 Å². The lowest BCUT2D eigenvalue weighted by Crippen LogP contribution is -2.23. The molecule has 2 rings (SSSR count). The smallest absolute Gasteiger partial charge is 0.150 e. The molecule has 0 bridgehead atoms. The molecule has 106 valence electrons. The molecule has 0 spiro atoms. The zero-order valence-electron chi connectivity index (χ0n) is 11.4. The van der Waals surface area contributed by atoms with Crippen LogP contribution in [0.5, 0.6) is 11.5 Å². The summed E-state index contributed by atoms with van der Waals surface area (Å²) in [6.07, 6.45) is -0.790. The van der Waals surface area contributed by atoms with E-state index in [1.165, 1.54) is 0 Å². The predicted octanol–water partition coefficient (Wildman–Crippen LogP) is 2.55. The van der Waals surface area contributed by atoms with Crippen LogP contribution in [-0.4, -0.2) is 29.5 Å². The minimum Gasteiger partial charge on any atom is -0.455 e. The third-order valence-corrected chi connectivity index (χ3v) is 2.94. The molecule has 2 aromatic rings. The van der Waals surface area contributed by atoms with Crippen molar-refractivity contribution in [2.75, 3.05) is 18.5 Å². The Morgan fingerprint density at radius 1 is 1.05 bits per heavy atom. The molecular formula is C16H19NO3. The van der Waals surface area contributed by atoms with E-state index in [2.05, 4.69) is 5.32 Å². The number of para-hydroxylation sites is 3. The van der Waals surface area contributed by atoms with Crippen molar-refractivity contribution < 1.29 is 14.9 Å². The van der Waals surface area contributed by atoms with Gasteiger partial charge in [0.05, 0.1) is 18.4 Å². The maximum Gasteiger partial charge on any atom is 0.150 e. The highest BCUT2D eigenvalue weighted by Crippen LogP contribution is 2.30. The first-order valence-corrected chi connectivity index (χ1v) is 6.56. The van der Waals surface area contributed by atoms with Gasteiger partial charge in [-0.1, -0.05) is 30.3 Å². The summed E-state index contributed by atoms with van der Waals surface area (Å²) in [4.78, 5) is 0. The second-order valence-electron chi connectivity index (χ2n) is 4.58. The van der Waals surface area contributed by atoms with E-state index in [1.807, 2.05) is 55.5 Å². The van der Waals surface area contributed by atoms with Gasteiger partial charge in [-0.25, -0.2) is 0 Å². The molecule has 0 radical (unpaired) electrons. The Hall–Kier alpha value is -2.04. The Kier molecular flexibility index (Phi) is 4.98. The molecule has 0 aliphatic heterocycles. The summed E-state index contributed by atoms with van der Waals surface area (Å²) in [6.45, 7) is 1.99. The maximum atomic E-state index is 9.39. The van der Waals surface area contributed by atoms with Gasteiger partial charge in [-0.15, -0.1) is 0 Å². The van der Waals surface area contributed by atoms with Crippen LogP contribution in [0.15, 0.2) is 48.5 Å². The van der Waals surface area contributed by atoms with Crippen molar-refractivity contribution in [1.82, 2.24) is 0 Å². The third kappa shape index (κ3) is 3.73. The predicted molar refractivity (Wildman–Crippen MR) is 79.3 cm³/mol. The Morgan fingerprint density at radius 3 is 2.40 bits per heavy atom. The number of nitrogens with one attached hydrogen (secondary N) is 1. The van der Waals surface area contributed by atoms with E-state index in [0.717, 1.165) is 17.0 Å². The number of hydrogen-bond acceptors (Lipinski definition) is 4. The highest BCUT2D eigenvalue weighted by atomic mass is 16.5. The first kappa shape index (κ1) is 14.4. The molecule has 0 aliphatic carbocycles. The molecule has 0 saturated heterocycles. The van der Waals surface area contributed by atoms with Crippen LogP contribution in [0.25, 0.3) is 0 Å². The first-order chi connectivity index (χ1) is 9.70. The fourth-order valence-corrected chi connectivity index (χ4v) is 1.78. The number of rotatable bonds is 6.